The number of carbonyl (C=O) groups is 1. The molecule has 0 spiro atoms. The Balaban J connectivity index is 0.000000278. The highest BCUT2D eigenvalue weighted by Gasteiger charge is 2.28. The number of hydrogen-bond acceptors (Lipinski definition) is 8. The normalized spacial score (nSPS) is 20.0. The fourth-order valence-corrected chi connectivity index (χ4v) is 8.65. The Morgan fingerprint density at radius 3 is 2.39 bits per heavy atom. The molecule has 11 heteroatoms. The van der Waals surface area contributed by atoms with E-state index in [9.17, 15) is 15.0 Å². The highest BCUT2D eigenvalue weighted by Crippen LogP contribution is 2.33. The number of H-pyrrole nitrogens is 2. The van der Waals surface area contributed by atoms with Gasteiger partial charge in [0, 0.05) is 77.8 Å². The Kier molecular flexibility index (Phi) is 15.1. The van der Waals surface area contributed by atoms with E-state index in [0.717, 1.165) is 93.1 Å². The zero-order valence-electron chi connectivity index (χ0n) is 33.0. The SMILES string of the molecule is C.CCC(=O)N(C)CCCSC1CC(O)CC(CO)O1.CCc1c(C)c2cc3[nH]c(cc4nc(c(C)c5nc(cc1[nH]2)C(C)=C5)CC4C)c(C)c3C(C)O. The third-order valence-electron chi connectivity index (χ3n) is 10.8. The molecule has 10 nitrogen and oxygen atoms in total. The molecule has 8 bridgehead atoms. The maximum absolute atomic E-state index is 11.4. The second-order valence-corrected chi connectivity index (χ2v) is 16.1. The maximum Gasteiger partial charge on any atom is 0.222 e. The number of ether oxygens (including phenoxy) is 1. The standard InChI is InChI=1S/C29H34N4O.C13H25NO4S.CH4/c1-8-20-16(4)25-13-28-29(19(7)34)18(6)26(33-28)11-21-14(2)9-23(30-21)17(5)24-10-15(3)22(31-24)12-27(20)32-25;1-3-12(17)14(2)5-4-6-19-13-8-10(16)7-11(9-15)18-13;/h10-14,19,32-34H,8-9H2,1-7H3;10-11,13,15-16H,3-9H2,1-2H3;1H4. The van der Waals surface area contributed by atoms with Crippen LogP contribution in [0.2, 0.25) is 0 Å². The molecule has 0 radical (unpaired) electrons. The van der Waals surface area contributed by atoms with Gasteiger partial charge in [-0.2, -0.15) is 0 Å². The van der Waals surface area contributed by atoms with Gasteiger partial charge < -0.3 is 34.9 Å². The van der Waals surface area contributed by atoms with Crippen molar-refractivity contribution in [3.63, 3.8) is 0 Å². The first-order valence-corrected chi connectivity index (χ1v) is 20.2. The van der Waals surface area contributed by atoms with Crippen molar-refractivity contribution in [2.24, 2.45) is 0 Å². The monoisotopic (exact) mass is 761 g/mol. The van der Waals surface area contributed by atoms with Crippen molar-refractivity contribution in [2.45, 2.75) is 131 Å². The van der Waals surface area contributed by atoms with Crippen molar-refractivity contribution in [2.75, 3.05) is 26.0 Å². The molecule has 3 aliphatic rings. The molecule has 0 aromatic carbocycles. The molecule has 1 saturated heterocycles. The van der Waals surface area contributed by atoms with E-state index in [0.29, 0.717) is 25.2 Å². The molecule has 6 heterocycles. The minimum absolute atomic E-state index is 0. The number of allylic oxidation sites excluding steroid dienone is 1. The lowest BCUT2D eigenvalue weighted by molar-refractivity contribution is -0.129. The first-order chi connectivity index (χ1) is 25.2. The first kappa shape index (κ1) is 43.3. The molecule has 0 aliphatic carbocycles. The molecule has 54 heavy (non-hydrogen) atoms. The van der Waals surface area contributed by atoms with E-state index < -0.39 is 6.10 Å². The Bertz CT molecular complexity index is 1980. The number of nitrogens with zero attached hydrogens (tertiary/aromatic N) is 3. The molecule has 1 amide bonds. The van der Waals surface area contributed by atoms with Crippen LogP contribution < -0.4 is 0 Å². The van der Waals surface area contributed by atoms with Crippen LogP contribution in [0.4, 0.5) is 0 Å². The third-order valence-corrected chi connectivity index (χ3v) is 12.0. The average molecular weight is 762 g/mol. The number of rotatable bonds is 9. The summed E-state index contributed by atoms with van der Waals surface area (Å²) < 4.78 is 5.65. The molecule has 296 valence electrons. The van der Waals surface area contributed by atoms with Gasteiger partial charge in [-0.3, -0.25) is 9.78 Å². The number of aromatic nitrogens is 4. The van der Waals surface area contributed by atoms with Crippen LogP contribution in [0.5, 0.6) is 0 Å². The largest absolute Gasteiger partial charge is 0.394 e. The van der Waals surface area contributed by atoms with Gasteiger partial charge in [-0.15, -0.1) is 11.8 Å². The lowest BCUT2D eigenvalue weighted by Crippen LogP contribution is -2.36. The van der Waals surface area contributed by atoms with Gasteiger partial charge in [0.1, 0.15) is 5.44 Å². The molecule has 5 atom stereocenters. The molecular weight excluding hydrogens is 699 g/mol. The van der Waals surface area contributed by atoms with E-state index in [-0.39, 0.29) is 37.6 Å². The van der Waals surface area contributed by atoms with Crippen LogP contribution in [0.3, 0.4) is 0 Å². The van der Waals surface area contributed by atoms with E-state index >= 15 is 0 Å². The van der Waals surface area contributed by atoms with Crippen molar-refractivity contribution < 1.29 is 24.9 Å². The maximum atomic E-state index is 11.4. The van der Waals surface area contributed by atoms with E-state index in [1.807, 2.05) is 20.9 Å². The van der Waals surface area contributed by atoms with Crippen molar-refractivity contribution in [3.05, 3.63) is 68.8 Å². The zero-order chi connectivity index (χ0) is 38.6. The molecule has 5 unspecified atom stereocenters. The quantitative estimate of drug-likeness (QED) is 0.137. The number of aryl methyl sites for hydroxylation is 3. The highest BCUT2D eigenvalue weighted by molar-refractivity contribution is 7.99. The number of aliphatic hydroxyl groups is 3. The molecule has 1 fully saturated rings. The van der Waals surface area contributed by atoms with Crippen LogP contribution in [-0.4, -0.2) is 89.7 Å². The number of fused-ring (bicyclic) bond motifs is 8. The van der Waals surface area contributed by atoms with Crippen LogP contribution >= 0.6 is 11.8 Å². The van der Waals surface area contributed by atoms with Crippen LogP contribution in [-0.2, 0) is 22.4 Å². The average Bonchev–Trinajstić information content (AvgIpc) is 3.85. The Morgan fingerprint density at radius 1 is 1.02 bits per heavy atom. The predicted molar refractivity (Wildman–Crippen MR) is 224 cm³/mol. The van der Waals surface area contributed by atoms with Crippen molar-refractivity contribution in [1.82, 2.24) is 24.8 Å². The van der Waals surface area contributed by atoms with Gasteiger partial charge in [-0.1, -0.05) is 28.2 Å². The summed E-state index contributed by atoms with van der Waals surface area (Å²) in [6.07, 6.45) is 5.39. The van der Waals surface area contributed by atoms with Gasteiger partial charge in [-0.25, -0.2) is 4.98 Å². The summed E-state index contributed by atoms with van der Waals surface area (Å²) in [6.45, 7) is 17.3. The lowest BCUT2D eigenvalue weighted by atomic mass is 10.0. The molecule has 5 N–H and O–H groups in total. The zero-order valence-corrected chi connectivity index (χ0v) is 33.8. The summed E-state index contributed by atoms with van der Waals surface area (Å²) in [5, 5.41) is 29.4. The Labute approximate surface area is 325 Å². The second kappa shape index (κ2) is 18.9. The van der Waals surface area contributed by atoms with Crippen LogP contribution in [0.1, 0.15) is 130 Å². The van der Waals surface area contributed by atoms with Crippen molar-refractivity contribution >= 4 is 51.4 Å². The summed E-state index contributed by atoms with van der Waals surface area (Å²) >= 11 is 1.65. The molecular formula is C43H63N5O5S. The van der Waals surface area contributed by atoms with E-state index in [1.165, 1.54) is 16.7 Å². The molecule has 0 saturated carbocycles. The van der Waals surface area contributed by atoms with Gasteiger partial charge in [0.25, 0.3) is 0 Å². The highest BCUT2D eigenvalue weighted by atomic mass is 32.2. The number of carbonyl (C=O) groups excluding carboxylic acids is 1. The summed E-state index contributed by atoms with van der Waals surface area (Å²) in [7, 11) is 1.82. The minimum Gasteiger partial charge on any atom is -0.394 e. The fourth-order valence-electron chi connectivity index (χ4n) is 7.50. The fraction of sp³-hybridized carbons (Fsp3) is 0.558. The van der Waals surface area contributed by atoms with Crippen molar-refractivity contribution in [1.29, 1.82) is 0 Å². The topological polar surface area (TPSA) is 148 Å². The summed E-state index contributed by atoms with van der Waals surface area (Å²) in [5.74, 6) is 1.37. The van der Waals surface area contributed by atoms with E-state index in [2.05, 4.69) is 75.8 Å². The van der Waals surface area contributed by atoms with Gasteiger partial charge in [-0.05, 0) is 112 Å². The molecule has 6 rings (SSSR count). The number of aliphatic hydroxyl groups excluding tert-OH is 3. The minimum atomic E-state index is -0.575. The number of amides is 1. The number of thioether (sulfide) groups is 1. The summed E-state index contributed by atoms with van der Waals surface area (Å²) in [4.78, 5) is 30.4. The number of nitrogens with one attached hydrogen (secondary N) is 2. The molecule has 3 aromatic heterocycles. The lowest BCUT2D eigenvalue weighted by Gasteiger charge is -2.31. The van der Waals surface area contributed by atoms with Crippen LogP contribution in [0, 0.1) is 20.8 Å². The summed E-state index contributed by atoms with van der Waals surface area (Å²) in [6, 6.07) is 6.46. The smallest absolute Gasteiger partial charge is 0.222 e. The number of hydrogen-bond donors (Lipinski definition) is 5. The van der Waals surface area contributed by atoms with Crippen LogP contribution in [0.15, 0.2) is 18.2 Å². The third kappa shape index (κ3) is 9.84. The van der Waals surface area contributed by atoms with Gasteiger partial charge >= 0.3 is 0 Å². The van der Waals surface area contributed by atoms with Gasteiger partial charge in [0.05, 0.1) is 36.3 Å². The molecule has 3 aromatic rings. The summed E-state index contributed by atoms with van der Waals surface area (Å²) in [5.41, 5.74) is 15.1. The van der Waals surface area contributed by atoms with E-state index in [4.69, 9.17) is 19.8 Å². The van der Waals surface area contributed by atoms with Crippen molar-refractivity contribution in [3.8, 4) is 0 Å². The first-order valence-electron chi connectivity index (χ1n) is 19.1. The molecule has 3 aliphatic heterocycles. The Hall–Kier alpha value is -3.48. The van der Waals surface area contributed by atoms with Gasteiger partial charge in [0.15, 0.2) is 0 Å². The predicted octanol–water partition coefficient (Wildman–Crippen LogP) is 8.23. The van der Waals surface area contributed by atoms with E-state index in [1.54, 1.807) is 16.7 Å². The van der Waals surface area contributed by atoms with Crippen LogP contribution in [0.25, 0.3) is 33.7 Å². The second-order valence-electron chi connectivity index (χ2n) is 14.8. The van der Waals surface area contributed by atoms with Gasteiger partial charge in [0.2, 0.25) is 5.91 Å². The Morgan fingerprint density at radius 2 is 1.72 bits per heavy atom. The number of aromatic amines is 2.